The molecule has 2 rings (SSSR count). The molecule has 21 heavy (non-hydrogen) atoms. The maximum Gasteiger partial charge on any atom is 0.358 e. The van der Waals surface area contributed by atoms with Crippen LogP contribution in [0.4, 0.5) is 0 Å². The molecule has 1 aromatic heterocycles. The summed E-state index contributed by atoms with van der Waals surface area (Å²) in [5.74, 6) is -0.675. The Morgan fingerprint density at radius 1 is 1.19 bits per heavy atom. The van der Waals surface area contributed by atoms with Gasteiger partial charge in [-0.05, 0) is 18.9 Å². The third kappa shape index (κ3) is 3.98. The molecule has 0 bridgehead atoms. The van der Waals surface area contributed by atoms with Crippen LogP contribution >= 0.6 is 11.3 Å². The molecule has 1 aromatic carbocycles. The topological polar surface area (TPSA) is 56.3 Å². The molecule has 0 unspecified atom stereocenters. The molecule has 2 aromatic rings. The lowest BCUT2D eigenvalue weighted by Crippen LogP contribution is -2.09. The van der Waals surface area contributed by atoms with E-state index < -0.39 is 5.97 Å². The molecule has 0 N–H and O–H groups in total. The quantitative estimate of drug-likeness (QED) is 0.607. The number of benzene rings is 1. The fourth-order valence-corrected chi connectivity index (χ4v) is 2.89. The smallest absolute Gasteiger partial charge is 0.358 e. The number of carbonyl (C=O) groups excluding carboxylic acids is 2. The SMILES string of the molecule is CCOC(=O)c1nc(CCc2ccccc2)sc1C(C)=O. The third-order valence-electron chi connectivity index (χ3n) is 2.93. The zero-order valence-corrected chi connectivity index (χ0v) is 12.9. The van der Waals surface area contributed by atoms with Gasteiger partial charge in [-0.15, -0.1) is 11.3 Å². The number of hydrogen-bond acceptors (Lipinski definition) is 5. The minimum absolute atomic E-state index is 0.150. The van der Waals surface area contributed by atoms with Crippen LogP contribution in [0.25, 0.3) is 0 Å². The summed E-state index contributed by atoms with van der Waals surface area (Å²) in [5, 5.41) is 0.784. The van der Waals surface area contributed by atoms with E-state index >= 15 is 0 Å². The van der Waals surface area contributed by atoms with Crippen molar-refractivity contribution in [2.45, 2.75) is 26.7 Å². The molecule has 0 aliphatic rings. The van der Waals surface area contributed by atoms with Gasteiger partial charge in [-0.25, -0.2) is 9.78 Å². The third-order valence-corrected chi connectivity index (χ3v) is 4.15. The van der Waals surface area contributed by atoms with Gasteiger partial charge in [0.2, 0.25) is 0 Å². The van der Waals surface area contributed by atoms with Gasteiger partial charge in [0.05, 0.1) is 11.6 Å². The van der Waals surface area contributed by atoms with E-state index in [9.17, 15) is 9.59 Å². The predicted molar refractivity (Wildman–Crippen MR) is 81.9 cm³/mol. The van der Waals surface area contributed by atoms with Crippen LogP contribution in [-0.4, -0.2) is 23.3 Å². The van der Waals surface area contributed by atoms with Crippen molar-refractivity contribution >= 4 is 23.1 Å². The van der Waals surface area contributed by atoms with Crippen molar-refractivity contribution in [3.05, 3.63) is 51.5 Å². The van der Waals surface area contributed by atoms with Crippen LogP contribution in [0.3, 0.4) is 0 Å². The lowest BCUT2D eigenvalue weighted by atomic mass is 10.1. The van der Waals surface area contributed by atoms with Crippen molar-refractivity contribution in [2.75, 3.05) is 6.61 Å². The van der Waals surface area contributed by atoms with Gasteiger partial charge in [0, 0.05) is 13.3 Å². The van der Waals surface area contributed by atoms with E-state index in [2.05, 4.69) is 4.98 Å². The zero-order chi connectivity index (χ0) is 15.2. The van der Waals surface area contributed by atoms with Gasteiger partial charge in [-0.2, -0.15) is 0 Å². The Morgan fingerprint density at radius 3 is 2.52 bits per heavy atom. The molecule has 1 heterocycles. The standard InChI is InChI=1S/C16H17NO3S/c1-3-20-16(19)14-15(11(2)18)21-13(17-14)10-9-12-7-5-4-6-8-12/h4-8H,3,9-10H2,1-2H3. The molecule has 0 atom stereocenters. The first-order valence-corrected chi connectivity index (χ1v) is 7.65. The molecular formula is C16H17NO3S. The molecule has 0 aliphatic carbocycles. The van der Waals surface area contributed by atoms with E-state index in [0.29, 0.717) is 11.3 Å². The highest BCUT2D eigenvalue weighted by atomic mass is 32.1. The van der Waals surface area contributed by atoms with Gasteiger partial charge in [-0.3, -0.25) is 4.79 Å². The van der Waals surface area contributed by atoms with Gasteiger partial charge in [0.15, 0.2) is 11.5 Å². The summed E-state index contributed by atoms with van der Waals surface area (Å²) < 4.78 is 4.95. The number of esters is 1. The van der Waals surface area contributed by atoms with Gasteiger partial charge >= 0.3 is 5.97 Å². The molecule has 0 spiro atoms. The monoisotopic (exact) mass is 303 g/mol. The van der Waals surface area contributed by atoms with Crippen molar-refractivity contribution in [1.29, 1.82) is 0 Å². The van der Waals surface area contributed by atoms with Crippen LogP contribution in [0.1, 0.15) is 44.6 Å². The number of aromatic nitrogens is 1. The van der Waals surface area contributed by atoms with Crippen LogP contribution in [-0.2, 0) is 17.6 Å². The molecule has 0 fully saturated rings. The summed E-state index contributed by atoms with van der Waals surface area (Å²) in [4.78, 5) is 28.1. The Kier molecular flexibility index (Phi) is 5.22. The fraction of sp³-hybridized carbons (Fsp3) is 0.312. The number of hydrogen-bond donors (Lipinski definition) is 0. The van der Waals surface area contributed by atoms with E-state index in [0.717, 1.165) is 11.4 Å². The van der Waals surface area contributed by atoms with Gasteiger partial charge in [-0.1, -0.05) is 30.3 Å². The number of nitrogens with zero attached hydrogens (tertiary/aromatic N) is 1. The van der Waals surface area contributed by atoms with Gasteiger partial charge < -0.3 is 4.74 Å². The van der Waals surface area contributed by atoms with E-state index in [1.165, 1.54) is 23.8 Å². The van der Waals surface area contributed by atoms with Crippen LogP contribution in [0.5, 0.6) is 0 Å². The first-order chi connectivity index (χ1) is 10.1. The number of ketones is 1. The second kappa shape index (κ2) is 7.13. The Bertz CT molecular complexity index is 634. The van der Waals surface area contributed by atoms with E-state index in [-0.39, 0.29) is 18.1 Å². The molecule has 0 amide bonds. The molecule has 0 radical (unpaired) electrons. The van der Waals surface area contributed by atoms with E-state index in [1.807, 2.05) is 30.3 Å². The van der Waals surface area contributed by atoms with Crippen molar-refractivity contribution in [2.24, 2.45) is 0 Å². The fourth-order valence-electron chi connectivity index (χ4n) is 1.94. The minimum atomic E-state index is -0.523. The van der Waals surface area contributed by atoms with Crippen molar-refractivity contribution in [3.8, 4) is 0 Å². The largest absolute Gasteiger partial charge is 0.461 e. The molecule has 4 nitrogen and oxygen atoms in total. The molecule has 0 aliphatic heterocycles. The first-order valence-electron chi connectivity index (χ1n) is 6.83. The second-order valence-corrected chi connectivity index (χ2v) is 5.63. The Morgan fingerprint density at radius 2 is 1.90 bits per heavy atom. The summed E-state index contributed by atoms with van der Waals surface area (Å²) >= 11 is 1.28. The van der Waals surface area contributed by atoms with Crippen LogP contribution in [0.2, 0.25) is 0 Å². The number of aryl methyl sites for hydroxylation is 2. The lowest BCUT2D eigenvalue weighted by Gasteiger charge is -1.99. The number of ether oxygens (including phenoxy) is 1. The molecular weight excluding hydrogens is 286 g/mol. The molecule has 0 saturated heterocycles. The number of Topliss-reactive ketones (excluding diaryl/α,β-unsaturated/α-hetero) is 1. The number of thiazole rings is 1. The van der Waals surface area contributed by atoms with Crippen LogP contribution in [0, 0.1) is 0 Å². The normalized spacial score (nSPS) is 10.4. The summed E-state index contributed by atoms with van der Waals surface area (Å²) in [5.41, 5.74) is 1.35. The predicted octanol–water partition coefficient (Wildman–Crippen LogP) is 3.31. The summed E-state index contributed by atoms with van der Waals surface area (Å²) in [6.45, 7) is 3.44. The second-order valence-electron chi connectivity index (χ2n) is 4.55. The highest BCUT2D eigenvalue weighted by Gasteiger charge is 2.21. The average molecular weight is 303 g/mol. The highest BCUT2D eigenvalue weighted by molar-refractivity contribution is 7.14. The first kappa shape index (κ1) is 15.4. The lowest BCUT2D eigenvalue weighted by molar-refractivity contribution is 0.0517. The maximum absolute atomic E-state index is 11.8. The highest BCUT2D eigenvalue weighted by Crippen LogP contribution is 2.21. The molecule has 110 valence electrons. The average Bonchev–Trinajstić information content (AvgIpc) is 2.91. The molecule has 5 heteroatoms. The van der Waals surface area contributed by atoms with Crippen LogP contribution in [0.15, 0.2) is 30.3 Å². The van der Waals surface area contributed by atoms with E-state index in [1.54, 1.807) is 6.92 Å². The minimum Gasteiger partial charge on any atom is -0.461 e. The Labute approximate surface area is 127 Å². The van der Waals surface area contributed by atoms with E-state index in [4.69, 9.17) is 4.74 Å². The Hall–Kier alpha value is -2.01. The van der Waals surface area contributed by atoms with Crippen molar-refractivity contribution < 1.29 is 14.3 Å². The maximum atomic E-state index is 11.8. The number of rotatable bonds is 6. The van der Waals surface area contributed by atoms with Crippen molar-refractivity contribution in [1.82, 2.24) is 4.98 Å². The van der Waals surface area contributed by atoms with Crippen molar-refractivity contribution in [3.63, 3.8) is 0 Å². The Balaban J connectivity index is 2.15. The van der Waals surface area contributed by atoms with Gasteiger partial charge in [0.25, 0.3) is 0 Å². The summed E-state index contributed by atoms with van der Waals surface area (Å²) in [6.07, 6.45) is 1.53. The summed E-state index contributed by atoms with van der Waals surface area (Å²) in [6, 6.07) is 10.0. The summed E-state index contributed by atoms with van der Waals surface area (Å²) in [7, 11) is 0. The van der Waals surface area contributed by atoms with Gasteiger partial charge in [0.1, 0.15) is 4.88 Å². The number of carbonyl (C=O) groups is 2. The molecule has 0 saturated carbocycles. The van der Waals surface area contributed by atoms with Crippen LogP contribution < -0.4 is 0 Å². The zero-order valence-electron chi connectivity index (χ0n) is 12.1.